The lowest BCUT2D eigenvalue weighted by Crippen LogP contribution is -2.54. The Morgan fingerprint density at radius 1 is 1.00 bits per heavy atom. The summed E-state index contributed by atoms with van der Waals surface area (Å²) in [4.78, 5) is 15.2. The Morgan fingerprint density at radius 2 is 1.60 bits per heavy atom. The molecule has 0 aromatic heterocycles. The zero-order valence-corrected chi connectivity index (χ0v) is 15.1. The summed E-state index contributed by atoms with van der Waals surface area (Å²) in [6, 6.07) is 20.8. The first-order valence-electron chi connectivity index (χ1n) is 9.35. The van der Waals surface area contributed by atoms with Crippen molar-refractivity contribution in [3.63, 3.8) is 0 Å². The average molecular weight is 336 g/mol. The van der Waals surface area contributed by atoms with Crippen LogP contribution in [-0.4, -0.2) is 35.9 Å². The molecule has 0 amide bonds. The van der Waals surface area contributed by atoms with E-state index >= 15 is 0 Å². The number of nitrogens with zero attached hydrogens (tertiary/aromatic N) is 1. The van der Waals surface area contributed by atoms with E-state index in [2.05, 4.69) is 40.5 Å². The smallest absolute Gasteiger partial charge is 0.157 e. The van der Waals surface area contributed by atoms with Crippen LogP contribution in [0.1, 0.15) is 31.7 Å². The maximum Gasteiger partial charge on any atom is 0.157 e. The standard InChI is InChI=1S/C22H28N2O/c1-2-21(25)22(23-20-11-7-4-8-12-20)14-17-24(18-15-22)16-13-19-9-5-3-6-10-19/h3-12,23H,2,13-18H2,1H3. The number of benzene rings is 2. The van der Waals surface area contributed by atoms with Gasteiger partial charge in [-0.15, -0.1) is 0 Å². The molecule has 0 atom stereocenters. The first-order valence-corrected chi connectivity index (χ1v) is 9.35. The van der Waals surface area contributed by atoms with Crippen molar-refractivity contribution in [1.82, 2.24) is 4.90 Å². The van der Waals surface area contributed by atoms with Crippen LogP contribution < -0.4 is 5.32 Å². The molecule has 1 fully saturated rings. The molecule has 1 N–H and O–H groups in total. The van der Waals surface area contributed by atoms with Crippen LogP contribution in [0.3, 0.4) is 0 Å². The Labute approximate surface area is 151 Å². The fourth-order valence-electron chi connectivity index (χ4n) is 3.70. The molecule has 3 rings (SSSR count). The van der Waals surface area contributed by atoms with Crippen molar-refractivity contribution in [2.75, 3.05) is 25.0 Å². The Hall–Kier alpha value is -2.13. The van der Waals surface area contributed by atoms with E-state index in [-0.39, 0.29) is 0 Å². The highest BCUT2D eigenvalue weighted by Crippen LogP contribution is 2.29. The predicted molar refractivity (Wildman–Crippen MR) is 104 cm³/mol. The van der Waals surface area contributed by atoms with E-state index in [1.165, 1.54) is 5.56 Å². The lowest BCUT2D eigenvalue weighted by Gasteiger charge is -2.42. The second-order valence-corrected chi connectivity index (χ2v) is 6.93. The summed E-state index contributed by atoms with van der Waals surface area (Å²) in [5.74, 6) is 0.332. The maximum absolute atomic E-state index is 12.7. The van der Waals surface area contributed by atoms with Gasteiger partial charge in [0.2, 0.25) is 0 Å². The van der Waals surface area contributed by atoms with Gasteiger partial charge in [0.15, 0.2) is 5.78 Å². The third kappa shape index (κ3) is 4.49. The second kappa shape index (κ2) is 8.30. The number of likely N-dealkylation sites (tertiary alicyclic amines) is 1. The molecule has 1 saturated heterocycles. The molecule has 2 aromatic rings. The summed E-state index contributed by atoms with van der Waals surface area (Å²) in [7, 11) is 0. The van der Waals surface area contributed by atoms with Crippen molar-refractivity contribution in [3.8, 4) is 0 Å². The molecule has 1 aliphatic rings. The fraction of sp³-hybridized carbons (Fsp3) is 0.409. The van der Waals surface area contributed by atoms with E-state index in [1.54, 1.807) is 0 Å². The number of piperidine rings is 1. The van der Waals surface area contributed by atoms with Gasteiger partial charge in [0.1, 0.15) is 0 Å². The molecular weight excluding hydrogens is 308 g/mol. The summed E-state index contributed by atoms with van der Waals surface area (Å²) in [6.07, 6.45) is 3.41. The first kappa shape index (κ1) is 17.7. The SMILES string of the molecule is CCC(=O)C1(Nc2ccccc2)CCN(CCc2ccccc2)CC1. The molecule has 0 bridgehead atoms. The van der Waals surface area contributed by atoms with Gasteiger partial charge in [0.25, 0.3) is 0 Å². The van der Waals surface area contributed by atoms with Gasteiger partial charge in [-0.25, -0.2) is 0 Å². The van der Waals surface area contributed by atoms with E-state index in [9.17, 15) is 4.79 Å². The van der Waals surface area contributed by atoms with Crippen LogP contribution in [0.4, 0.5) is 5.69 Å². The van der Waals surface area contributed by atoms with Crippen LogP contribution >= 0.6 is 0 Å². The number of anilines is 1. The van der Waals surface area contributed by atoms with Gasteiger partial charge in [-0.2, -0.15) is 0 Å². The molecule has 3 nitrogen and oxygen atoms in total. The summed E-state index contributed by atoms with van der Waals surface area (Å²) in [5.41, 5.74) is 2.02. The number of hydrogen-bond acceptors (Lipinski definition) is 3. The highest BCUT2D eigenvalue weighted by molar-refractivity contribution is 5.91. The normalized spacial score (nSPS) is 17.2. The van der Waals surface area contributed by atoms with Gasteiger partial charge in [-0.05, 0) is 37.0 Å². The summed E-state index contributed by atoms with van der Waals surface area (Å²) < 4.78 is 0. The summed E-state index contributed by atoms with van der Waals surface area (Å²) in [6.45, 7) is 4.97. The predicted octanol–water partition coefficient (Wildman–Crippen LogP) is 4.15. The molecule has 0 aliphatic carbocycles. The quantitative estimate of drug-likeness (QED) is 0.824. The van der Waals surface area contributed by atoms with E-state index < -0.39 is 5.54 Å². The minimum Gasteiger partial charge on any atom is -0.373 e. The zero-order valence-electron chi connectivity index (χ0n) is 15.1. The molecule has 132 valence electrons. The van der Waals surface area contributed by atoms with E-state index in [4.69, 9.17) is 0 Å². The largest absolute Gasteiger partial charge is 0.373 e. The molecule has 25 heavy (non-hydrogen) atoms. The van der Waals surface area contributed by atoms with Crippen LogP contribution in [0.5, 0.6) is 0 Å². The van der Waals surface area contributed by atoms with Crippen molar-refractivity contribution < 1.29 is 4.79 Å². The number of para-hydroxylation sites is 1. The van der Waals surface area contributed by atoms with Gasteiger partial charge < -0.3 is 10.2 Å². The van der Waals surface area contributed by atoms with E-state index in [0.29, 0.717) is 12.2 Å². The molecule has 3 heteroatoms. The Bertz CT molecular complexity index is 661. The zero-order chi connectivity index (χ0) is 17.5. The molecule has 1 heterocycles. The van der Waals surface area contributed by atoms with Gasteiger partial charge in [-0.3, -0.25) is 4.79 Å². The second-order valence-electron chi connectivity index (χ2n) is 6.93. The van der Waals surface area contributed by atoms with Crippen LogP contribution in [0.25, 0.3) is 0 Å². The molecule has 0 saturated carbocycles. The molecule has 0 spiro atoms. The highest BCUT2D eigenvalue weighted by Gasteiger charge is 2.39. The number of nitrogens with one attached hydrogen (secondary N) is 1. The third-order valence-electron chi connectivity index (χ3n) is 5.28. The van der Waals surface area contributed by atoms with E-state index in [1.807, 2.05) is 37.3 Å². The monoisotopic (exact) mass is 336 g/mol. The lowest BCUT2D eigenvalue weighted by molar-refractivity contribution is -0.124. The summed E-state index contributed by atoms with van der Waals surface area (Å²) >= 11 is 0. The number of carbonyl (C=O) groups excluding carboxylic acids is 1. The van der Waals surface area contributed by atoms with Crippen LogP contribution in [0.2, 0.25) is 0 Å². The van der Waals surface area contributed by atoms with Gasteiger partial charge in [0.05, 0.1) is 5.54 Å². The van der Waals surface area contributed by atoms with Gasteiger partial charge in [0, 0.05) is 31.7 Å². The molecule has 2 aromatic carbocycles. The van der Waals surface area contributed by atoms with Gasteiger partial charge >= 0.3 is 0 Å². The number of rotatable bonds is 7. The van der Waals surface area contributed by atoms with Crippen molar-refractivity contribution in [3.05, 3.63) is 66.2 Å². The Morgan fingerprint density at radius 3 is 2.20 bits per heavy atom. The molecule has 0 unspecified atom stereocenters. The van der Waals surface area contributed by atoms with Crippen molar-refractivity contribution in [2.45, 2.75) is 38.1 Å². The number of carbonyl (C=O) groups is 1. The Kier molecular flexibility index (Phi) is 5.87. The number of ketones is 1. The fourth-order valence-corrected chi connectivity index (χ4v) is 3.70. The lowest BCUT2D eigenvalue weighted by atomic mass is 9.82. The molecule has 0 radical (unpaired) electrons. The highest BCUT2D eigenvalue weighted by atomic mass is 16.1. The summed E-state index contributed by atoms with van der Waals surface area (Å²) in [5, 5.41) is 3.56. The van der Waals surface area contributed by atoms with Crippen molar-refractivity contribution in [1.29, 1.82) is 0 Å². The minimum atomic E-state index is -0.403. The minimum absolute atomic E-state index is 0.332. The van der Waals surface area contributed by atoms with Crippen molar-refractivity contribution in [2.24, 2.45) is 0 Å². The van der Waals surface area contributed by atoms with Gasteiger partial charge in [-0.1, -0.05) is 55.5 Å². The van der Waals surface area contributed by atoms with Crippen LogP contribution in [0.15, 0.2) is 60.7 Å². The first-order chi connectivity index (χ1) is 12.2. The van der Waals surface area contributed by atoms with Crippen molar-refractivity contribution >= 4 is 11.5 Å². The third-order valence-corrected chi connectivity index (χ3v) is 5.28. The number of Topliss-reactive ketones (excluding diaryl/α,β-unsaturated/α-hetero) is 1. The maximum atomic E-state index is 12.7. The topological polar surface area (TPSA) is 32.3 Å². The van der Waals surface area contributed by atoms with Crippen LogP contribution in [0, 0.1) is 0 Å². The molecular formula is C22H28N2O. The number of hydrogen-bond donors (Lipinski definition) is 1. The van der Waals surface area contributed by atoms with E-state index in [0.717, 1.165) is 44.6 Å². The Balaban J connectivity index is 1.60. The average Bonchev–Trinajstić information content (AvgIpc) is 2.68. The van der Waals surface area contributed by atoms with Crippen LogP contribution in [-0.2, 0) is 11.2 Å². The molecule has 1 aliphatic heterocycles.